The Hall–Kier alpha value is -3.27. The van der Waals surface area contributed by atoms with Crippen molar-refractivity contribution < 1.29 is 28.1 Å². The Morgan fingerprint density at radius 2 is 1.76 bits per heavy atom. The lowest BCUT2D eigenvalue weighted by Gasteiger charge is -2.23. The molecular weight excluding hydrogens is 456 g/mol. The molecule has 1 aliphatic rings. The predicted octanol–water partition coefficient (Wildman–Crippen LogP) is 2.97. The first-order valence-electron chi connectivity index (χ1n) is 10.9. The summed E-state index contributed by atoms with van der Waals surface area (Å²) in [6.07, 6.45) is 1.23. The smallest absolute Gasteiger partial charge is 0.231 e. The van der Waals surface area contributed by atoms with Crippen LogP contribution in [0.5, 0.6) is 17.2 Å². The van der Waals surface area contributed by atoms with E-state index in [9.17, 15) is 18.6 Å². The van der Waals surface area contributed by atoms with E-state index in [1.54, 1.807) is 6.07 Å². The van der Waals surface area contributed by atoms with Gasteiger partial charge < -0.3 is 25.0 Å². The highest BCUT2D eigenvalue weighted by Crippen LogP contribution is 2.39. The van der Waals surface area contributed by atoms with Gasteiger partial charge in [-0.15, -0.1) is 0 Å². The number of hydrogen-bond acceptors (Lipinski definition) is 7. The van der Waals surface area contributed by atoms with E-state index in [0.717, 1.165) is 17.4 Å². The summed E-state index contributed by atoms with van der Waals surface area (Å²) in [6.45, 7) is 0.468. The van der Waals surface area contributed by atoms with Gasteiger partial charge in [-0.25, -0.2) is 8.42 Å². The van der Waals surface area contributed by atoms with Crippen molar-refractivity contribution in [3.8, 4) is 17.2 Å². The minimum atomic E-state index is -3.54. The van der Waals surface area contributed by atoms with Crippen LogP contribution < -0.4 is 19.5 Å². The maximum absolute atomic E-state index is 11.5. The number of hydrogen-bond donors (Lipinski definition) is 4. The van der Waals surface area contributed by atoms with Gasteiger partial charge in [0.15, 0.2) is 11.5 Å². The molecule has 2 atom stereocenters. The molecule has 0 amide bonds. The van der Waals surface area contributed by atoms with Gasteiger partial charge in [-0.3, -0.25) is 4.72 Å². The van der Waals surface area contributed by atoms with E-state index < -0.39 is 16.1 Å². The first-order valence-corrected chi connectivity index (χ1v) is 12.8. The molecule has 0 saturated heterocycles. The van der Waals surface area contributed by atoms with Gasteiger partial charge in [0, 0.05) is 18.2 Å². The van der Waals surface area contributed by atoms with Crippen molar-refractivity contribution >= 4 is 15.7 Å². The molecule has 4 N–H and O–H groups in total. The second-order valence-electron chi connectivity index (χ2n) is 8.32. The Kier molecular flexibility index (Phi) is 7.26. The number of aliphatic hydroxyl groups is 1. The van der Waals surface area contributed by atoms with E-state index in [1.807, 2.05) is 36.4 Å². The minimum absolute atomic E-state index is 0.0825. The van der Waals surface area contributed by atoms with Crippen LogP contribution in [-0.4, -0.2) is 44.3 Å². The van der Waals surface area contributed by atoms with Crippen molar-refractivity contribution in [3.63, 3.8) is 0 Å². The summed E-state index contributed by atoms with van der Waals surface area (Å²) in [5.74, 6) is 1.23. The van der Waals surface area contributed by atoms with Crippen molar-refractivity contribution in [2.24, 2.45) is 0 Å². The van der Waals surface area contributed by atoms with Crippen molar-refractivity contribution in [2.45, 2.75) is 25.0 Å². The largest absolute Gasteiger partial charge is 0.506 e. The third kappa shape index (κ3) is 6.19. The topological polar surface area (TPSA) is 117 Å². The van der Waals surface area contributed by atoms with E-state index in [2.05, 4.69) is 22.2 Å². The number of nitrogens with one attached hydrogen (secondary N) is 2. The molecule has 1 heterocycles. The average molecular weight is 485 g/mol. The minimum Gasteiger partial charge on any atom is -0.506 e. The SMILES string of the molecule is CS(=O)(=O)Nc1cc(CC(O)CNC(Cc2ccccc2)c2cccc3c2OCO3)ccc1O. The first kappa shape index (κ1) is 23.9. The monoisotopic (exact) mass is 484 g/mol. The summed E-state index contributed by atoms with van der Waals surface area (Å²) in [7, 11) is -3.54. The number of phenolic OH excluding ortho intramolecular Hbond substituents is 1. The van der Waals surface area contributed by atoms with Gasteiger partial charge in [-0.2, -0.15) is 0 Å². The number of aliphatic hydroxyl groups excluding tert-OH is 1. The summed E-state index contributed by atoms with van der Waals surface area (Å²) >= 11 is 0. The lowest BCUT2D eigenvalue weighted by molar-refractivity contribution is 0.164. The molecule has 34 heavy (non-hydrogen) atoms. The third-order valence-corrected chi connectivity index (χ3v) is 6.10. The number of sulfonamides is 1. The zero-order valence-corrected chi connectivity index (χ0v) is 19.6. The van der Waals surface area contributed by atoms with Crippen LogP contribution in [0.15, 0.2) is 66.7 Å². The highest BCUT2D eigenvalue weighted by atomic mass is 32.2. The average Bonchev–Trinajstić information content (AvgIpc) is 3.28. The van der Waals surface area contributed by atoms with Gasteiger partial charge in [0.1, 0.15) is 5.75 Å². The van der Waals surface area contributed by atoms with Crippen LogP contribution in [0, 0.1) is 0 Å². The number of ether oxygens (including phenoxy) is 2. The molecule has 2 unspecified atom stereocenters. The van der Waals surface area contributed by atoms with Gasteiger partial charge in [-0.1, -0.05) is 48.5 Å². The molecule has 1 aliphatic heterocycles. The summed E-state index contributed by atoms with van der Waals surface area (Å²) in [4.78, 5) is 0. The van der Waals surface area contributed by atoms with Crippen molar-refractivity contribution in [2.75, 3.05) is 24.3 Å². The summed E-state index contributed by atoms with van der Waals surface area (Å²) in [5.41, 5.74) is 2.87. The molecule has 4 rings (SSSR count). The highest BCUT2D eigenvalue weighted by molar-refractivity contribution is 7.92. The quantitative estimate of drug-likeness (QED) is 0.327. The molecule has 0 saturated carbocycles. The lowest BCUT2D eigenvalue weighted by atomic mass is 9.97. The third-order valence-electron chi connectivity index (χ3n) is 5.51. The Balaban J connectivity index is 1.47. The summed E-state index contributed by atoms with van der Waals surface area (Å²) in [6, 6.07) is 20.3. The maximum Gasteiger partial charge on any atom is 0.231 e. The predicted molar refractivity (Wildman–Crippen MR) is 130 cm³/mol. The summed E-state index contributed by atoms with van der Waals surface area (Å²) in [5, 5.41) is 24.1. The normalized spacial score (nSPS) is 14.5. The molecule has 0 aromatic heterocycles. The highest BCUT2D eigenvalue weighted by Gasteiger charge is 2.24. The fourth-order valence-electron chi connectivity index (χ4n) is 3.98. The molecular formula is C25H28N2O6S. The molecule has 180 valence electrons. The standard InChI is InChI=1S/C25H28N2O6S/c1-34(30,31)27-22-14-18(10-11-23(22)29)12-19(28)15-26-21(13-17-6-3-2-4-7-17)20-8-5-9-24-25(20)33-16-32-24/h2-11,14,19,21,26-29H,12-13,15-16H2,1H3. The molecule has 3 aromatic rings. The number of fused-ring (bicyclic) bond motifs is 1. The van der Waals surface area contributed by atoms with Gasteiger partial charge in [0.2, 0.25) is 16.8 Å². The number of rotatable bonds is 10. The Morgan fingerprint density at radius 1 is 0.971 bits per heavy atom. The van der Waals surface area contributed by atoms with Gasteiger partial charge in [0.25, 0.3) is 0 Å². The fraction of sp³-hybridized carbons (Fsp3) is 0.280. The number of phenols is 1. The summed E-state index contributed by atoms with van der Waals surface area (Å²) < 4.78 is 36.6. The Bertz CT molecular complexity index is 1230. The zero-order chi connectivity index (χ0) is 24.1. The van der Waals surface area contributed by atoms with Crippen LogP contribution in [0.3, 0.4) is 0 Å². The Morgan fingerprint density at radius 3 is 2.53 bits per heavy atom. The van der Waals surface area contributed by atoms with Crippen LogP contribution in [0.1, 0.15) is 22.7 Å². The molecule has 8 nitrogen and oxygen atoms in total. The van der Waals surface area contributed by atoms with E-state index in [1.165, 1.54) is 12.1 Å². The number of anilines is 1. The Labute approximate surface area is 199 Å². The van der Waals surface area contributed by atoms with Gasteiger partial charge in [0.05, 0.1) is 18.0 Å². The van der Waals surface area contributed by atoms with E-state index >= 15 is 0 Å². The van der Waals surface area contributed by atoms with Crippen molar-refractivity contribution in [1.82, 2.24) is 5.32 Å². The molecule has 0 aliphatic carbocycles. The number of aromatic hydroxyl groups is 1. The fourth-order valence-corrected chi connectivity index (χ4v) is 4.55. The first-order chi connectivity index (χ1) is 16.3. The zero-order valence-electron chi connectivity index (χ0n) is 18.8. The number of benzene rings is 3. The van der Waals surface area contributed by atoms with Crippen LogP contribution in [-0.2, 0) is 22.9 Å². The molecule has 0 spiro atoms. The van der Waals surface area contributed by atoms with E-state index in [4.69, 9.17) is 9.47 Å². The van der Waals surface area contributed by atoms with Crippen LogP contribution in [0.2, 0.25) is 0 Å². The molecule has 0 radical (unpaired) electrons. The number of para-hydroxylation sites is 1. The van der Waals surface area contributed by atoms with E-state index in [0.29, 0.717) is 23.5 Å². The second-order valence-corrected chi connectivity index (χ2v) is 10.1. The van der Waals surface area contributed by atoms with Crippen molar-refractivity contribution in [3.05, 3.63) is 83.4 Å². The molecule has 0 fully saturated rings. The lowest BCUT2D eigenvalue weighted by Crippen LogP contribution is -2.33. The van der Waals surface area contributed by atoms with Gasteiger partial charge in [-0.05, 0) is 42.2 Å². The van der Waals surface area contributed by atoms with Crippen LogP contribution >= 0.6 is 0 Å². The molecule has 3 aromatic carbocycles. The van der Waals surface area contributed by atoms with Crippen LogP contribution in [0.25, 0.3) is 0 Å². The second kappa shape index (κ2) is 10.3. The maximum atomic E-state index is 11.5. The van der Waals surface area contributed by atoms with Gasteiger partial charge >= 0.3 is 0 Å². The van der Waals surface area contributed by atoms with Crippen molar-refractivity contribution in [1.29, 1.82) is 0 Å². The molecule has 9 heteroatoms. The van der Waals surface area contributed by atoms with E-state index in [-0.39, 0.29) is 37.2 Å². The molecule has 0 bridgehead atoms. The van der Waals surface area contributed by atoms with Crippen LogP contribution in [0.4, 0.5) is 5.69 Å².